The maximum Gasteiger partial charge on any atom is 0.135 e. The summed E-state index contributed by atoms with van der Waals surface area (Å²) in [7, 11) is 2.19. The van der Waals surface area contributed by atoms with Crippen LogP contribution in [-0.2, 0) is 0 Å². The molecule has 0 unspecified atom stereocenters. The standard InChI is InChI=1S/C14H18N2OS/c1-9-8-10(6-7-16(9)2)14-15-11-4-3-5-12(17)13(11)18-14/h3-5,9-10,17H,6-8H2,1-2H3/t9-,10-/m0/s1. The summed E-state index contributed by atoms with van der Waals surface area (Å²) in [5, 5.41) is 11.0. The SMILES string of the molecule is C[C@H]1C[C@@H](c2nc3cccc(O)c3s2)CCN1C. The van der Waals surface area contributed by atoms with Gasteiger partial charge < -0.3 is 10.0 Å². The lowest BCUT2D eigenvalue weighted by molar-refractivity contribution is 0.182. The topological polar surface area (TPSA) is 36.4 Å². The highest BCUT2D eigenvalue weighted by Gasteiger charge is 2.26. The summed E-state index contributed by atoms with van der Waals surface area (Å²) in [6, 6.07) is 6.19. The summed E-state index contributed by atoms with van der Waals surface area (Å²) >= 11 is 1.65. The molecule has 2 heterocycles. The van der Waals surface area contributed by atoms with Gasteiger partial charge in [0.15, 0.2) is 0 Å². The summed E-state index contributed by atoms with van der Waals surface area (Å²) in [6.45, 7) is 3.41. The monoisotopic (exact) mass is 262 g/mol. The van der Waals surface area contributed by atoms with Crippen molar-refractivity contribution in [1.29, 1.82) is 0 Å². The molecular formula is C14H18N2OS. The van der Waals surface area contributed by atoms with E-state index in [-0.39, 0.29) is 0 Å². The second kappa shape index (κ2) is 4.52. The highest BCUT2D eigenvalue weighted by atomic mass is 32.1. The molecule has 4 heteroatoms. The Morgan fingerprint density at radius 1 is 1.44 bits per heavy atom. The summed E-state index contributed by atoms with van der Waals surface area (Å²) in [5.74, 6) is 0.908. The molecule has 0 amide bonds. The quantitative estimate of drug-likeness (QED) is 0.857. The van der Waals surface area contributed by atoms with E-state index in [1.165, 1.54) is 11.4 Å². The molecule has 3 nitrogen and oxygen atoms in total. The van der Waals surface area contributed by atoms with Crippen LogP contribution < -0.4 is 0 Å². The van der Waals surface area contributed by atoms with E-state index in [1.54, 1.807) is 17.4 Å². The number of hydrogen-bond acceptors (Lipinski definition) is 4. The van der Waals surface area contributed by atoms with Crippen LogP contribution in [-0.4, -0.2) is 34.6 Å². The van der Waals surface area contributed by atoms with Gasteiger partial charge in [-0.1, -0.05) is 6.07 Å². The largest absolute Gasteiger partial charge is 0.506 e. The molecule has 2 aromatic rings. The van der Waals surface area contributed by atoms with Gasteiger partial charge in [-0.05, 0) is 45.5 Å². The Morgan fingerprint density at radius 2 is 2.28 bits per heavy atom. The molecule has 0 aliphatic carbocycles. The van der Waals surface area contributed by atoms with Crippen molar-refractivity contribution in [3.63, 3.8) is 0 Å². The zero-order chi connectivity index (χ0) is 12.7. The van der Waals surface area contributed by atoms with Crippen LogP contribution in [0.4, 0.5) is 0 Å². The Hall–Kier alpha value is -1.13. The Bertz CT molecular complexity index is 566. The molecule has 1 saturated heterocycles. The molecule has 0 spiro atoms. The number of piperidine rings is 1. The molecule has 0 radical (unpaired) electrons. The van der Waals surface area contributed by atoms with Crippen LogP contribution in [0.15, 0.2) is 18.2 Å². The van der Waals surface area contributed by atoms with E-state index in [1.807, 2.05) is 12.1 Å². The Kier molecular flexibility index (Phi) is 2.99. The van der Waals surface area contributed by atoms with E-state index in [4.69, 9.17) is 4.98 Å². The molecule has 1 aromatic carbocycles. The lowest BCUT2D eigenvalue weighted by Crippen LogP contribution is -2.36. The Morgan fingerprint density at radius 3 is 3.00 bits per heavy atom. The number of phenolic OH excluding ortho intramolecular Hbond substituents is 1. The number of aromatic nitrogens is 1. The van der Waals surface area contributed by atoms with Crippen LogP contribution in [0, 0.1) is 0 Å². The first-order valence-corrected chi connectivity index (χ1v) is 7.25. The molecule has 1 aliphatic heterocycles. The van der Waals surface area contributed by atoms with Crippen molar-refractivity contribution in [2.45, 2.75) is 31.7 Å². The van der Waals surface area contributed by atoms with Gasteiger partial charge >= 0.3 is 0 Å². The number of benzene rings is 1. The van der Waals surface area contributed by atoms with Crippen molar-refractivity contribution in [2.24, 2.45) is 0 Å². The molecule has 1 aliphatic rings. The molecule has 0 saturated carbocycles. The second-order valence-corrected chi connectivity index (χ2v) is 6.26. The van der Waals surface area contributed by atoms with Gasteiger partial charge in [-0.15, -0.1) is 11.3 Å². The normalized spacial score (nSPS) is 25.7. The van der Waals surface area contributed by atoms with Gasteiger partial charge in [-0.25, -0.2) is 4.98 Å². The Balaban J connectivity index is 1.93. The minimum Gasteiger partial charge on any atom is -0.506 e. The molecule has 2 atom stereocenters. The molecular weight excluding hydrogens is 244 g/mol. The van der Waals surface area contributed by atoms with E-state index in [2.05, 4.69) is 18.9 Å². The molecule has 1 aromatic heterocycles. The number of thiazole rings is 1. The number of likely N-dealkylation sites (tertiary alicyclic amines) is 1. The predicted octanol–water partition coefficient (Wildman–Crippen LogP) is 3.20. The van der Waals surface area contributed by atoms with Crippen LogP contribution in [0.5, 0.6) is 5.75 Å². The zero-order valence-electron chi connectivity index (χ0n) is 10.8. The number of fused-ring (bicyclic) bond motifs is 1. The van der Waals surface area contributed by atoms with Crippen LogP contribution in [0.2, 0.25) is 0 Å². The first-order valence-electron chi connectivity index (χ1n) is 6.44. The van der Waals surface area contributed by atoms with Crippen LogP contribution >= 0.6 is 11.3 Å². The van der Waals surface area contributed by atoms with Crippen molar-refractivity contribution in [3.8, 4) is 5.75 Å². The van der Waals surface area contributed by atoms with Crippen LogP contribution in [0.25, 0.3) is 10.2 Å². The number of phenols is 1. The number of nitrogens with zero attached hydrogens (tertiary/aromatic N) is 2. The van der Waals surface area contributed by atoms with Gasteiger partial charge in [-0.2, -0.15) is 0 Å². The molecule has 1 fully saturated rings. The zero-order valence-corrected chi connectivity index (χ0v) is 11.6. The molecule has 96 valence electrons. The number of rotatable bonds is 1. The lowest BCUT2D eigenvalue weighted by atomic mass is 9.93. The highest BCUT2D eigenvalue weighted by Crippen LogP contribution is 2.38. The Labute approximate surface area is 111 Å². The van der Waals surface area contributed by atoms with E-state index >= 15 is 0 Å². The van der Waals surface area contributed by atoms with Crippen molar-refractivity contribution in [3.05, 3.63) is 23.2 Å². The van der Waals surface area contributed by atoms with Gasteiger partial charge in [0.1, 0.15) is 5.75 Å². The number of aromatic hydroxyl groups is 1. The molecule has 18 heavy (non-hydrogen) atoms. The highest BCUT2D eigenvalue weighted by molar-refractivity contribution is 7.19. The van der Waals surface area contributed by atoms with E-state index in [9.17, 15) is 5.11 Å². The lowest BCUT2D eigenvalue weighted by Gasteiger charge is -2.34. The fourth-order valence-electron chi connectivity index (χ4n) is 2.64. The third-order valence-corrected chi connectivity index (χ3v) is 5.22. The van der Waals surface area contributed by atoms with Gasteiger partial charge in [0.2, 0.25) is 0 Å². The maximum atomic E-state index is 9.84. The van der Waals surface area contributed by atoms with Crippen LogP contribution in [0.1, 0.15) is 30.7 Å². The van der Waals surface area contributed by atoms with E-state index in [0.29, 0.717) is 17.7 Å². The van der Waals surface area contributed by atoms with Gasteiger partial charge in [0, 0.05) is 12.0 Å². The molecule has 3 rings (SSSR count). The summed E-state index contributed by atoms with van der Waals surface area (Å²) < 4.78 is 0.930. The minimum absolute atomic E-state index is 0.359. The average molecular weight is 262 g/mol. The maximum absolute atomic E-state index is 9.84. The smallest absolute Gasteiger partial charge is 0.135 e. The molecule has 0 bridgehead atoms. The number of hydrogen-bond donors (Lipinski definition) is 1. The average Bonchev–Trinajstić information content (AvgIpc) is 2.78. The first-order chi connectivity index (χ1) is 8.65. The van der Waals surface area contributed by atoms with Gasteiger partial charge in [0.05, 0.1) is 15.2 Å². The first kappa shape index (κ1) is 11.9. The third-order valence-electron chi connectivity index (χ3n) is 3.97. The van der Waals surface area contributed by atoms with Crippen molar-refractivity contribution >= 4 is 21.6 Å². The van der Waals surface area contributed by atoms with Crippen LogP contribution in [0.3, 0.4) is 0 Å². The summed E-state index contributed by atoms with van der Waals surface area (Å²) in [6.07, 6.45) is 2.33. The van der Waals surface area contributed by atoms with E-state index in [0.717, 1.165) is 23.2 Å². The summed E-state index contributed by atoms with van der Waals surface area (Å²) in [4.78, 5) is 7.10. The van der Waals surface area contributed by atoms with E-state index < -0.39 is 0 Å². The predicted molar refractivity (Wildman–Crippen MR) is 75.4 cm³/mol. The van der Waals surface area contributed by atoms with Crippen molar-refractivity contribution in [1.82, 2.24) is 9.88 Å². The van der Waals surface area contributed by atoms with Gasteiger partial charge in [0.25, 0.3) is 0 Å². The third kappa shape index (κ3) is 1.99. The van der Waals surface area contributed by atoms with Crippen molar-refractivity contribution < 1.29 is 5.11 Å². The molecule has 1 N–H and O–H groups in total. The summed E-state index contributed by atoms with van der Waals surface area (Å²) in [5.41, 5.74) is 0.932. The van der Waals surface area contributed by atoms with Gasteiger partial charge in [-0.3, -0.25) is 0 Å². The fraction of sp³-hybridized carbons (Fsp3) is 0.500. The fourth-order valence-corrected chi connectivity index (χ4v) is 3.76. The van der Waals surface area contributed by atoms with Crippen molar-refractivity contribution in [2.75, 3.05) is 13.6 Å². The minimum atomic E-state index is 0.359. The second-order valence-electron chi connectivity index (χ2n) is 5.23.